The van der Waals surface area contributed by atoms with E-state index in [1.807, 2.05) is 13.8 Å². The number of ether oxygens (including phenoxy) is 2. The van der Waals surface area contributed by atoms with Crippen LogP contribution in [-0.2, 0) is 4.74 Å². The number of nitrogens with two attached hydrogens (primary N) is 1. The Labute approximate surface area is 107 Å². The summed E-state index contributed by atoms with van der Waals surface area (Å²) in [6.07, 6.45) is 0.165. The van der Waals surface area contributed by atoms with E-state index in [4.69, 9.17) is 15.2 Å². The lowest BCUT2D eigenvalue weighted by atomic mass is 10.2. The average Bonchev–Trinajstić information content (AvgIpc) is 2.33. The number of hydrogen-bond donors (Lipinski definition) is 1. The van der Waals surface area contributed by atoms with Crippen LogP contribution in [0.2, 0.25) is 0 Å². The van der Waals surface area contributed by atoms with Crippen molar-refractivity contribution in [3.63, 3.8) is 0 Å². The smallest absolute Gasteiger partial charge is 0.135 e. The standard InChI is InChI=1S/C14H18FNO2/c1-11(2)17-8-9-18-14-6-5-13(15)10-12(14)4-3-7-16/h5-6,10-11H,7-9,16H2,1-2H3. The van der Waals surface area contributed by atoms with Gasteiger partial charge in [0, 0.05) is 0 Å². The predicted octanol–water partition coefficient (Wildman–Crippen LogP) is 1.94. The Balaban J connectivity index is 2.63. The number of rotatable bonds is 5. The van der Waals surface area contributed by atoms with Crippen LogP contribution in [0.15, 0.2) is 18.2 Å². The lowest BCUT2D eigenvalue weighted by Crippen LogP contribution is -2.11. The molecule has 1 aromatic rings. The molecule has 0 aliphatic carbocycles. The molecule has 0 amide bonds. The molecule has 1 rings (SSSR count). The Morgan fingerprint density at radius 1 is 1.33 bits per heavy atom. The molecule has 0 saturated heterocycles. The van der Waals surface area contributed by atoms with E-state index in [1.165, 1.54) is 12.1 Å². The molecule has 0 spiro atoms. The van der Waals surface area contributed by atoms with E-state index in [-0.39, 0.29) is 18.5 Å². The van der Waals surface area contributed by atoms with Crippen LogP contribution in [0.3, 0.4) is 0 Å². The van der Waals surface area contributed by atoms with Crippen molar-refractivity contribution >= 4 is 0 Å². The molecule has 0 aromatic heterocycles. The van der Waals surface area contributed by atoms with Crippen LogP contribution in [0.1, 0.15) is 19.4 Å². The molecule has 0 atom stereocenters. The van der Waals surface area contributed by atoms with Crippen LogP contribution in [0.25, 0.3) is 0 Å². The fourth-order valence-corrected chi connectivity index (χ4v) is 1.31. The summed E-state index contributed by atoms with van der Waals surface area (Å²) < 4.78 is 23.9. The number of halogens is 1. The highest BCUT2D eigenvalue weighted by Crippen LogP contribution is 2.18. The Bertz CT molecular complexity index is 435. The van der Waals surface area contributed by atoms with Crippen molar-refractivity contribution < 1.29 is 13.9 Å². The third-order valence-electron chi connectivity index (χ3n) is 2.06. The van der Waals surface area contributed by atoms with Crippen molar-refractivity contribution in [2.45, 2.75) is 20.0 Å². The van der Waals surface area contributed by atoms with Crippen molar-refractivity contribution in [2.24, 2.45) is 5.73 Å². The summed E-state index contributed by atoms with van der Waals surface area (Å²) in [5.41, 5.74) is 5.80. The van der Waals surface area contributed by atoms with E-state index in [0.29, 0.717) is 24.5 Å². The van der Waals surface area contributed by atoms with E-state index >= 15 is 0 Å². The highest BCUT2D eigenvalue weighted by molar-refractivity contribution is 5.46. The molecule has 0 aliphatic heterocycles. The summed E-state index contributed by atoms with van der Waals surface area (Å²) in [5, 5.41) is 0. The van der Waals surface area contributed by atoms with Crippen molar-refractivity contribution in [3.8, 4) is 17.6 Å². The molecule has 0 aliphatic rings. The second-order valence-corrected chi connectivity index (χ2v) is 3.91. The van der Waals surface area contributed by atoms with Gasteiger partial charge in [-0.1, -0.05) is 11.8 Å². The Hall–Kier alpha value is -1.57. The van der Waals surface area contributed by atoms with Gasteiger partial charge in [-0.2, -0.15) is 0 Å². The van der Waals surface area contributed by atoms with Gasteiger partial charge in [0.2, 0.25) is 0 Å². The third-order valence-corrected chi connectivity index (χ3v) is 2.06. The molecule has 0 radical (unpaired) electrons. The molecular formula is C14H18FNO2. The zero-order valence-electron chi connectivity index (χ0n) is 10.7. The topological polar surface area (TPSA) is 44.5 Å². The molecule has 0 bridgehead atoms. The molecule has 0 saturated carbocycles. The summed E-state index contributed by atoms with van der Waals surface area (Å²) in [6.45, 7) is 5.03. The molecule has 4 heteroatoms. The van der Waals surface area contributed by atoms with Gasteiger partial charge in [-0.3, -0.25) is 0 Å². The fraction of sp³-hybridized carbons (Fsp3) is 0.429. The summed E-state index contributed by atoms with van der Waals surface area (Å²) in [4.78, 5) is 0. The van der Waals surface area contributed by atoms with E-state index in [9.17, 15) is 4.39 Å². The normalized spacial score (nSPS) is 10.1. The van der Waals surface area contributed by atoms with Gasteiger partial charge in [0.1, 0.15) is 18.2 Å². The lowest BCUT2D eigenvalue weighted by molar-refractivity contribution is 0.0552. The van der Waals surface area contributed by atoms with E-state index in [0.717, 1.165) is 0 Å². The number of hydrogen-bond acceptors (Lipinski definition) is 3. The monoisotopic (exact) mass is 251 g/mol. The highest BCUT2D eigenvalue weighted by Gasteiger charge is 2.03. The molecule has 18 heavy (non-hydrogen) atoms. The van der Waals surface area contributed by atoms with Crippen LogP contribution in [-0.4, -0.2) is 25.9 Å². The lowest BCUT2D eigenvalue weighted by Gasteiger charge is -2.10. The zero-order chi connectivity index (χ0) is 13.4. The van der Waals surface area contributed by atoms with Gasteiger partial charge in [-0.25, -0.2) is 4.39 Å². The van der Waals surface area contributed by atoms with Crippen molar-refractivity contribution in [3.05, 3.63) is 29.6 Å². The second-order valence-electron chi connectivity index (χ2n) is 3.91. The minimum absolute atomic E-state index is 0.165. The third kappa shape index (κ3) is 5.17. The van der Waals surface area contributed by atoms with Gasteiger partial charge in [0.05, 0.1) is 24.8 Å². The van der Waals surface area contributed by atoms with Gasteiger partial charge < -0.3 is 15.2 Å². The van der Waals surface area contributed by atoms with E-state index in [2.05, 4.69) is 11.8 Å². The minimum Gasteiger partial charge on any atom is -0.490 e. The Kier molecular flexibility index (Phi) is 6.20. The Morgan fingerprint density at radius 3 is 2.78 bits per heavy atom. The summed E-state index contributed by atoms with van der Waals surface area (Å²) in [7, 11) is 0. The summed E-state index contributed by atoms with van der Waals surface area (Å²) in [6, 6.07) is 4.23. The molecule has 2 N–H and O–H groups in total. The van der Waals surface area contributed by atoms with Crippen molar-refractivity contribution in [2.75, 3.05) is 19.8 Å². The predicted molar refractivity (Wildman–Crippen MR) is 68.9 cm³/mol. The van der Waals surface area contributed by atoms with Gasteiger partial charge in [0.25, 0.3) is 0 Å². The maximum atomic E-state index is 13.1. The first-order valence-electron chi connectivity index (χ1n) is 5.86. The van der Waals surface area contributed by atoms with Gasteiger partial charge in [-0.15, -0.1) is 0 Å². The molecule has 0 heterocycles. The maximum Gasteiger partial charge on any atom is 0.135 e. The molecule has 0 unspecified atom stereocenters. The quantitative estimate of drug-likeness (QED) is 0.642. The average molecular weight is 251 g/mol. The first-order chi connectivity index (χ1) is 8.63. The van der Waals surface area contributed by atoms with Crippen LogP contribution in [0, 0.1) is 17.7 Å². The van der Waals surface area contributed by atoms with Crippen LogP contribution < -0.4 is 10.5 Å². The minimum atomic E-state index is -0.345. The molecule has 0 fully saturated rings. The van der Waals surface area contributed by atoms with Gasteiger partial charge in [0.15, 0.2) is 0 Å². The Morgan fingerprint density at radius 2 is 2.11 bits per heavy atom. The molecule has 98 valence electrons. The molecule has 1 aromatic carbocycles. The van der Waals surface area contributed by atoms with Gasteiger partial charge >= 0.3 is 0 Å². The van der Waals surface area contributed by atoms with Crippen molar-refractivity contribution in [1.29, 1.82) is 0 Å². The SMILES string of the molecule is CC(C)OCCOc1ccc(F)cc1C#CCN. The number of benzene rings is 1. The van der Waals surface area contributed by atoms with E-state index in [1.54, 1.807) is 6.07 Å². The maximum absolute atomic E-state index is 13.1. The first kappa shape index (κ1) is 14.5. The van der Waals surface area contributed by atoms with Crippen LogP contribution >= 0.6 is 0 Å². The van der Waals surface area contributed by atoms with E-state index < -0.39 is 0 Å². The summed E-state index contributed by atoms with van der Waals surface area (Å²) >= 11 is 0. The molecular weight excluding hydrogens is 233 g/mol. The van der Waals surface area contributed by atoms with Gasteiger partial charge in [-0.05, 0) is 32.0 Å². The fourth-order valence-electron chi connectivity index (χ4n) is 1.31. The first-order valence-corrected chi connectivity index (χ1v) is 5.86. The van der Waals surface area contributed by atoms with Crippen LogP contribution in [0.4, 0.5) is 4.39 Å². The van der Waals surface area contributed by atoms with Crippen molar-refractivity contribution in [1.82, 2.24) is 0 Å². The summed E-state index contributed by atoms with van der Waals surface area (Å²) in [5.74, 6) is 5.66. The van der Waals surface area contributed by atoms with Crippen LogP contribution in [0.5, 0.6) is 5.75 Å². The molecule has 3 nitrogen and oxygen atoms in total. The highest BCUT2D eigenvalue weighted by atomic mass is 19.1. The second kappa shape index (κ2) is 7.70. The largest absolute Gasteiger partial charge is 0.490 e. The zero-order valence-corrected chi connectivity index (χ0v) is 10.7.